The fourth-order valence-corrected chi connectivity index (χ4v) is 10.2. The molecule has 0 spiro atoms. The SMILES string of the molecule is C#C[C@]1(CC)OC(OC(C)=O)[C@@H](OC(C)=O)C1C.C#C[C@]1(CC)O[C@@H](n2cnc3c(OC(=O)N(c4ccccc4)c4ccccc4)nc(NC(=O)C(C)C)nc32)[C@@H](OC(C)=O)C1C.CC(C)C(=O)Nc1nc(OC(=O)N(c2ccccc2)c2ccccc2)c2[nH]cnc2n1.[HH].[HH].[HH]. The van der Waals surface area contributed by atoms with Crippen molar-refractivity contribution in [1.82, 2.24) is 39.5 Å². The van der Waals surface area contributed by atoms with Gasteiger partial charge in [0.2, 0.25) is 30.0 Å². The molecule has 2 saturated heterocycles. The summed E-state index contributed by atoms with van der Waals surface area (Å²) in [5.74, 6) is 1.58. The number of fused-ring (bicyclic) bond motifs is 2. The minimum atomic E-state index is -1.04. The highest BCUT2D eigenvalue weighted by atomic mass is 16.7. The summed E-state index contributed by atoms with van der Waals surface area (Å²) in [6, 6.07) is 36.2. The van der Waals surface area contributed by atoms with Crippen LogP contribution in [-0.2, 0) is 47.7 Å². The van der Waals surface area contributed by atoms with Gasteiger partial charge in [-0.3, -0.25) is 39.2 Å². The molecule has 0 saturated carbocycles. The van der Waals surface area contributed by atoms with Gasteiger partial charge in [-0.15, -0.1) is 12.8 Å². The molecule has 4 aromatic carbocycles. The summed E-state index contributed by atoms with van der Waals surface area (Å²) >= 11 is 0. The van der Waals surface area contributed by atoms with Crippen LogP contribution < -0.4 is 29.9 Å². The molecule has 3 unspecified atom stereocenters. The number of ether oxygens (including phenoxy) is 7. The van der Waals surface area contributed by atoms with E-state index in [4.69, 9.17) is 46.0 Å². The van der Waals surface area contributed by atoms with Crippen LogP contribution in [0.15, 0.2) is 134 Å². The molecule has 4 amide bonds. The fourth-order valence-electron chi connectivity index (χ4n) is 10.2. The highest BCUT2D eigenvalue weighted by Gasteiger charge is 2.55. The van der Waals surface area contributed by atoms with E-state index >= 15 is 0 Å². The van der Waals surface area contributed by atoms with E-state index in [1.807, 2.05) is 76.2 Å². The number of terminal acetylenes is 2. The van der Waals surface area contributed by atoms with E-state index in [1.165, 1.54) is 43.2 Å². The zero-order valence-corrected chi connectivity index (χ0v) is 53.6. The molecule has 0 radical (unpaired) electrons. The first kappa shape index (κ1) is 68.8. The van der Waals surface area contributed by atoms with Gasteiger partial charge in [-0.05, 0) is 61.4 Å². The molecule has 2 aliphatic heterocycles. The monoisotopic (exact) mass is 1290 g/mol. The lowest BCUT2D eigenvalue weighted by Gasteiger charge is -2.25. The number of para-hydroxylation sites is 4. The molecule has 26 nitrogen and oxygen atoms in total. The Morgan fingerprint density at radius 1 is 0.596 bits per heavy atom. The number of anilines is 6. The molecule has 4 aromatic heterocycles. The topological polar surface area (TPSA) is 313 Å². The molecular weight excluding hydrogens is 1210 g/mol. The minimum Gasteiger partial charge on any atom is -0.457 e. The Morgan fingerprint density at radius 2 is 1.01 bits per heavy atom. The summed E-state index contributed by atoms with van der Waals surface area (Å²) in [7, 11) is 0. The Balaban J connectivity index is 0.000000284. The Kier molecular flexibility index (Phi) is 22.2. The summed E-state index contributed by atoms with van der Waals surface area (Å²) < 4.78 is 41.0. The summed E-state index contributed by atoms with van der Waals surface area (Å²) in [6.07, 6.45) is 10.5. The number of esters is 3. The van der Waals surface area contributed by atoms with Gasteiger partial charge in [0, 0.05) is 48.7 Å². The maximum absolute atomic E-state index is 13.9. The molecule has 8 aromatic rings. The van der Waals surface area contributed by atoms with E-state index in [1.54, 1.807) is 105 Å². The van der Waals surface area contributed by atoms with Crippen LogP contribution in [0.1, 0.15) is 99.5 Å². The Morgan fingerprint density at radius 3 is 1.45 bits per heavy atom. The maximum atomic E-state index is 13.9. The van der Waals surface area contributed by atoms with Gasteiger partial charge in [-0.2, -0.15) is 19.9 Å². The lowest BCUT2D eigenvalue weighted by molar-refractivity contribution is -0.199. The summed E-state index contributed by atoms with van der Waals surface area (Å²) in [6.45, 7) is 18.2. The third-order valence-electron chi connectivity index (χ3n) is 15.3. The summed E-state index contributed by atoms with van der Waals surface area (Å²) in [4.78, 5) is 118. The molecule has 94 heavy (non-hydrogen) atoms. The maximum Gasteiger partial charge on any atom is 0.425 e. The van der Waals surface area contributed by atoms with Crippen molar-refractivity contribution in [1.29, 1.82) is 0 Å². The largest absolute Gasteiger partial charge is 0.457 e. The van der Waals surface area contributed by atoms with E-state index in [-0.39, 0.29) is 80.2 Å². The van der Waals surface area contributed by atoms with Crippen molar-refractivity contribution in [3.05, 3.63) is 134 Å². The van der Waals surface area contributed by atoms with Gasteiger partial charge < -0.3 is 38.1 Å². The number of amides is 4. The van der Waals surface area contributed by atoms with E-state index < -0.39 is 66.0 Å². The van der Waals surface area contributed by atoms with Crippen LogP contribution in [-0.4, -0.2) is 111 Å². The van der Waals surface area contributed by atoms with E-state index in [9.17, 15) is 33.6 Å². The van der Waals surface area contributed by atoms with Crippen molar-refractivity contribution in [3.63, 3.8) is 0 Å². The second-order valence-electron chi connectivity index (χ2n) is 22.3. The predicted octanol–water partition coefficient (Wildman–Crippen LogP) is 11.9. The van der Waals surface area contributed by atoms with Gasteiger partial charge in [0.05, 0.1) is 35.4 Å². The molecule has 0 bridgehead atoms. The number of H-pyrrole nitrogens is 1. The highest BCUT2D eigenvalue weighted by Crippen LogP contribution is 2.46. The fraction of sp³-hybridized carbons (Fsp3) is 0.338. The van der Waals surface area contributed by atoms with Crippen LogP contribution in [0, 0.1) is 48.4 Å². The van der Waals surface area contributed by atoms with E-state index in [2.05, 4.69) is 57.4 Å². The zero-order chi connectivity index (χ0) is 68.0. The number of benzene rings is 4. The third kappa shape index (κ3) is 15.6. The van der Waals surface area contributed by atoms with Crippen molar-refractivity contribution >= 4 is 98.9 Å². The number of hydrogen-bond donors (Lipinski definition) is 3. The standard InChI is InChI=1S/C33H34N6O6.C22H20N6O3.C13H18O5.3H2/c1-7-33(8-2)21(5)26(43-22(6)40)30(45-33)38-19-34-25-27(38)35-31(36-28(41)20(3)4)37-29(25)44-32(42)39(23-15-11-9-12-16-23)24-17-13-10-14-18-24;1-14(2)19(29)26-21-25-18-17(23-13-24-18)20(27-21)31-22(30)28(15-9-5-3-6-10-15)16-11-7-4-8-12-16;1-6-13(7-2)8(3)11(16-9(4)14)12(18-13)17-10(5)15;;;/h1,9-21,26,30H,8H2,2-6H3,(H,35,36,37,41);3-14H,1-2H3,(H2,23,24,25,26,27,29);1,8,11-12H,7H2,2-5H3;3*1H/t21?,26-,30+,33+;;8?,11-,12?,13+;;;/m0.0.../s1. The van der Waals surface area contributed by atoms with Gasteiger partial charge in [0.1, 0.15) is 16.7 Å². The molecule has 2 aliphatic rings. The number of rotatable bonds is 16. The first-order chi connectivity index (χ1) is 45.0. The molecule has 6 heterocycles. The Hall–Kier alpha value is -11.1. The van der Waals surface area contributed by atoms with E-state index in [0.29, 0.717) is 41.1 Å². The molecule has 3 N–H and O–H groups in total. The average molecular weight is 1290 g/mol. The molecule has 8 atom stereocenters. The van der Waals surface area contributed by atoms with Gasteiger partial charge in [0.25, 0.3) is 11.8 Å². The number of carbonyl (C=O) groups excluding carboxylic acids is 7. The zero-order valence-electron chi connectivity index (χ0n) is 53.6. The molecule has 10 rings (SSSR count). The molecule has 26 heteroatoms. The highest BCUT2D eigenvalue weighted by molar-refractivity contribution is 6.00. The Labute approximate surface area is 546 Å². The quantitative estimate of drug-likeness (QED) is 0.0460. The number of nitrogens with zero attached hydrogens (tertiary/aromatic N) is 9. The summed E-state index contributed by atoms with van der Waals surface area (Å²) in [5, 5.41) is 5.28. The second kappa shape index (κ2) is 30.4. The third-order valence-corrected chi connectivity index (χ3v) is 15.3. The Bertz CT molecular complexity index is 4040. The summed E-state index contributed by atoms with van der Waals surface area (Å²) in [5.41, 5.74) is 1.34. The van der Waals surface area contributed by atoms with E-state index in [0.717, 1.165) is 0 Å². The van der Waals surface area contributed by atoms with Crippen LogP contribution in [0.3, 0.4) is 0 Å². The molecular formula is C68H78N12O14. The second-order valence-corrected chi connectivity index (χ2v) is 22.3. The first-order valence-electron chi connectivity index (χ1n) is 30.1. The van der Waals surface area contributed by atoms with Gasteiger partial charge in [-0.25, -0.2) is 29.4 Å². The first-order valence-corrected chi connectivity index (χ1v) is 30.1. The van der Waals surface area contributed by atoms with Crippen LogP contribution in [0.25, 0.3) is 22.3 Å². The van der Waals surface area contributed by atoms with Gasteiger partial charge in [-0.1, -0.05) is 140 Å². The molecule has 0 aliphatic carbocycles. The van der Waals surface area contributed by atoms with Crippen molar-refractivity contribution in [2.45, 2.75) is 125 Å². The average Bonchev–Trinajstić information content (AvgIpc) is 1.60. The van der Waals surface area contributed by atoms with Crippen LogP contribution in [0.2, 0.25) is 0 Å². The number of carbonyl (C=O) groups is 7. The lowest BCUT2D eigenvalue weighted by Crippen LogP contribution is -2.36. The van der Waals surface area contributed by atoms with Crippen LogP contribution in [0.5, 0.6) is 11.8 Å². The number of imidazole rings is 2. The lowest BCUT2D eigenvalue weighted by atomic mass is 9.85. The van der Waals surface area contributed by atoms with Crippen molar-refractivity contribution in [3.8, 4) is 36.4 Å². The predicted molar refractivity (Wildman–Crippen MR) is 352 cm³/mol. The van der Waals surface area contributed by atoms with Crippen molar-refractivity contribution in [2.75, 3.05) is 20.4 Å². The normalized spacial score (nSPS) is 20.2. The molecule has 2 fully saturated rings. The smallest absolute Gasteiger partial charge is 0.425 e. The van der Waals surface area contributed by atoms with Crippen molar-refractivity contribution in [2.24, 2.45) is 23.7 Å². The van der Waals surface area contributed by atoms with Crippen LogP contribution >= 0.6 is 0 Å². The number of aromatic nitrogens is 8. The van der Waals surface area contributed by atoms with Crippen LogP contribution in [0.4, 0.5) is 44.2 Å². The van der Waals surface area contributed by atoms with Crippen molar-refractivity contribution < 1.29 is 71.0 Å². The number of hydrogen-bond acceptors (Lipinski definition) is 20. The minimum absolute atomic E-state index is 0. The molecule has 494 valence electrons. The number of aromatic amines is 1. The number of nitrogens with one attached hydrogen (secondary N) is 3. The van der Waals surface area contributed by atoms with Gasteiger partial charge in [0.15, 0.2) is 35.2 Å². The van der Waals surface area contributed by atoms with Gasteiger partial charge >= 0.3 is 30.1 Å².